The topological polar surface area (TPSA) is 52.6 Å². The highest BCUT2D eigenvalue weighted by Crippen LogP contribution is 2.38. The van der Waals surface area contributed by atoms with Crippen molar-refractivity contribution < 1.29 is 19.1 Å². The van der Waals surface area contributed by atoms with Crippen LogP contribution in [0.15, 0.2) is 92.6 Å². The third-order valence-electron chi connectivity index (χ3n) is 5.54. The van der Waals surface area contributed by atoms with E-state index in [1.54, 1.807) is 0 Å². The third kappa shape index (κ3) is 7.23. The fourth-order valence-corrected chi connectivity index (χ4v) is 6.50. The van der Waals surface area contributed by atoms with Gasteiger partial charge in [0.15, 0.2) is 14.7 Å². The number of rotatable bonds is 7. The molecule has 0 saturated carbocycles. The predicted molar refractivity (Wildman–Crippen MR) is 151 cm³/mol. The van der Waals surface area contributed by atoms with Gasteiger partial charge in [-0.2, -0.15) is 0 Å². The average Bonchev–Trinajstić information content (AvgIpc) is 2.79. The summed E-state index contributed by atoms with van der Waals surface area (Å²) in [6.45, 7) is 15.3. The summed E-state index contributed by atoms with van der Waals surface area (Å²) >= 11 is 0. The van der Waals surface area contributed by atoms with Crippen molar-refractivity contribution in [3.8, 4) is 11.5 Å². The van der Waals surface area contributed by atoms with Gasteiger partial charge in [-0.15, -0.1) is 0 Å². The van der Waals surface area contributed by atoms with Crippen LogP contribution in [-0.4, -0.2) is 11.9 Å². The monoisotopic (exact) mass is 515 g/mol. The van der Waals surface area contributed by atoms with Gasteiger partial charge in [0, 0.05) is 36.4 Å². The number of ether oxygens (including phenoxy) is 2. The van der Waals surface area contributed by atoms with Crippen molar-refractivity contribution in [2.45, 2.75) is 70.1 Å². The number of hydrogen-bond acceptors (Lipinski definition) is 4. The molecule has 0 saturated heterocycles. The first-order valence-corrected chi connectivity index (χ1v) is 13.4. The van der Waals surface area contributed by atoms with E-state index in [1.807, 2.05) is 73.6 Å². The molecule has 3 aromatic carbocycles. The van der Waals surface area contributed by atoms with Crippen LogP contribution in [0.1, 0.15) is 49.9 Å². The van der Waals surface area contributed by atoms with Crippen LogP contribution in [0.3, 0.4) is 0 Å². The molecule has 37 heavy (non-hydrogen) atoms. The Morgan fingerprint density at radius 2 is 0.946 bits per heavy atom. The fourth-order valence-electron chi connectivity index (χ4n) is 4.08. The van der Waals surface area contributed by atoms with Gasteiger partial charge in [-0.1, -0.05) is 29.3 Å². The Bertz CT molecular complexity index is 1240. The Balaban J connectivity index is 2.09. The second kappa shape index (κ2) is 12.1. The van der Waals surface area contributed by atoms with Gasteiger partial charge in [0.1, 0.15) is 11.5 Å². The molecule has 0 heterocycles. The van der Waals surface area contributed by atoms with Crippen LogP contribution in [0, 0.1) is 27.7 Å². The van der Waals surface area contributed by atoms with E-state index in [2.05, 4.69) is 36.4 Å². The molecule has 0 atom stereocenters. The maximum atomic E-state index is 12.3. The van der Waals surface area contributed by atoms with E-state index in [4.69, 9.17) is 9.47 Å². The van der Waals surface area contributed by atoms with Crippen molar-refractivity contribution in [2.75, 3.05) is 0 Å². The normalized spacial score (nSPS) is 10.6. The number of aryl methyl sites for hydroxylation is 4. The number of hydrogen-bond donors (Lipinski definition) is 0. The summed E-state index contributed by atoms with van der Waals surface area (Å²) in [6.07, 6.45) is 3.00. The zero-order chi connectivity index (χ0) is 27.3. The van der Waals surface area contributed by atoms with Crippen LogP contribution in [-0.2, 0) is 20.5 Å². The molecule has 0 spiro atoms. The maximum absolute atomic E-state index is 12.3. The lowest BCUT2D eigenvalue weighted by molar-refractivity contribution is -0.130. The van der Waals surface area contributed by atoms with Crippen LogP contribution in [0.25, 0.3) is 0 Å². The zero-order valence-corrected chi connectivity index (χ0v) is 23.7. The molecule has 4 nitrogen and oxygen atoms in total. The van der Waals surface area contributed by atoms with E-state index in [9.17, 15) is 9.59 Å². The first-order chi connectivity index (χ1) is 17.5. The largest absolute Gasteiger partial charge is 0.423 e. The van der Waals surface area contributed by atoms with Crippen LogP contribution < -0.4 is 9.47 Å². The van der Waals surface area contributed by atoms with Gasteiger partial charge in [-0.3, -0.25) is 0 Å². The fraction of sp³-hybridized carbons (Fsp3) is 0.250. The van der Waals surface area contributed by atoms with E-state index in [1.165, 1.54) is 17.0 Å². The summed E-state index contributed by atoms with van der Waals surface area (Å²) in [5, 5.41) is 0. The maximum Gasteiger partial charge on any atom is 0.336 e. The Labute approximate surface area is 223 Å². The molecule has 0 aliphatic rings. The number of allylic oxidation sites excluding steroid dienone is 2. The van der Waals surface area contributed by atoms with Crippen molar-refractivity contribution in [1.29, 1.82) is 0 Å². The minimum absolute atomic E-state index is 0.370. The van der Waals surface area contributed by atoms with E-state index in [0.29, 0.717) is 11.5 Å². The first kappa shape index (κ1) is 28.0. The summed E-state index contributed by atoms with van der Waals surface area (Å²) < 4.78 is 11.4. The molecule has 0 aliphatic carbocycles. The van der Waals surface area contributed by atoms with Gasteiger partial charge >= 0.3 is 11.9 Å². The predicted octanol–water partition coefficient (Wildman–Crippen LogP) is 7.76. The lowest BCUT2D eigenvalue weighted by Crippen LogP contribution is -2.11. The second-order valence-corrected chi connectivity index (χ2v) is 11.7. The Morgan fingerprint density at radius 1 is 0.595 bits per heavy atom. The van der Waals surface area contributed by atoms with E-state index >= 15 is 0 Å². The Morgan fingerprint density at radius 3 is 1.27 bits per heavy atom. The summed E-state index contributed by atoms with van der Waals surface area (Å²) in [4.78, 5) is 28.0. The van der Waals surface area contributed by atoms with Crippen LogP contribution >= 0.6 is 0 Å². The van der Waals surface area contributed by atoms with Crippen molar-refractivity contribution >= 4 is 22.8 Å². The van der Waals surface area contributed by atoms with Gasteiger partial charge in [-0.25, -0.2) is 9.59 Å². The van der Waals surface area contributed by atoms with Crippen LogP contribution in [0.5, 0.6) is 11.5 Å². The summed E-state index contributed by atoms with van der Waals surface area (Å²) in [6, 6.07) is 18.7. The van der Waals surface area contributed by atoms with Gasteiger partial charge in [0.25, 0.3) is 0 Å². The first-order valence-electron chi connectivity index (χ1n) is 12.2. The van der Waals surface area contributed by atoms with Crippen molar-refractivity contribution in [1.82, 2.24) is 0 Å². The van der Waals surface area contributed by atoms with Crippen LogP contribution in [0.4, 0.5) is 0 Å². The highest BCUT2D eigenvalue weighted by atomic mass is 32.2. The lowest BCUT2D eigenvalue weighted by Gasteiger charge is -2.15. The Kier molecular flexibility index (Phi) is 9.17. The second-order valence-electron chi connectivity index (χ2n) is 9.68. The SMILES string of the molecule is CC(C)=CC(=O)Oc1c(C)cc([S+](c2ccccc2)c2cc(C)c(OC(=O)C=C(C)C)c(C)c2)cc1C. The average molecular weight is 516 g/mol. The number of carbonyl (C=O) groups excluding carboxylic acids is 2. The molecule has 0 unspecified atom stereocenters. The standard InChI is InChI=1S/C32H35O4S/c1-20(2)14-29(33)35-31-22(5)16-27(17-23(31)6)37(26-12-10-9-11-13-26)28-18-24(7)32(25(8)19-28)36-30(34)15-21(3)4/h9-19H,1-8H3/q+1. The van der Waals surface area contributed by atoms with E-state index in [0.717, 1.165) is 43.2 Å². The molecular weight excluding hydrogens is 480 g/mol. The van der Waals surface area contributed by atoms with Crippen molar-refractivity contribution in [3.63, 3.8) is 0 Å². The minimum Gasteiger partial charge on any atom is -0.423 e. The van der Waals surface area contributed by atoms with Gasteiger partial charge < -0.3 is 9.47 Å². The smallest absolute Gasteiger partial charge is 0.336 e. The minimum atomic E-state index is -0.421. The summed E-state index contributed by atoms with van der Waals surface area (Å²) in [7, 11) is -0.421. The molecule has 0 N–H and O–H groups in total. The molecule has 5 heteroatoms. The quantitative estimate of drug-likeness (QED) is 0.140. The van der Waals surface area contributed by atoms with Gasteiger partial charge in [0.2, 0.25) is 0 Å². The van der Waals surface area contributed by atoms with Gasteiger partial charge in [0.05, 0.1) is 10.9 Å². The molecule has 0 bridgehead atoms. The number of benzene rings is 3. The highest BCUT2D eigenvalue weighted by Gasteiger charge is 2.31. The van der Waals surface area contributed by atoms with E-state index < -0.39 is 10.9 Å². The molecule has 0 radical (unpaired) electrons. The highest BCUT2D eigenvalue weighted by molar-refractivity contribution is 7.97. The molecule has 0 fully saturated rings. The van der Waals surface area contributed by atoms with E-state index in [-0.39, 0.29) is 11.9 Å². The molecule has 192 valence electrons. The Hall–Kier alpha value is -3.57. The number of carbonyl (C=O) groups is 2. The molecule has 3 aromatic rings. The zero-order valence-electron chi connectivity index (χ0n) is 22.9. The summed E-state index contributed by atoms with van der Waals surface area (Å²) in [5.41, 5.74) is 5.39. The lowest BCUT2D eigenvalue weighted by atomic mass is 10.1. The molecular formula is C32H35O4S+. The van der Waals surface area contributed by atoms with Crippen LogP contribution in [0.2, 0.25) is 0 Å². The molecule has 0 aromatic heterocycles. The molecule has 0 amide bonds. The molecule has 3 rings (SSSR count). The van der Waals surface area contributed by atoms with Gasteiger partial charge in [-0.05, 0) is 89.8 Å². The van der Waals surface area contributed by atoms with Crippen molar-refractivity contribution in [2.24, 2.45) is 0 Å². The molecule has 0 aliphatic heterocycles. The number of esters is 2. The summed E-state index contributed by atoms with van der Waals surface area (Å²) in [5.74, 6) is 0.449. The third-order valence-corrected chi connectivity index (χ3v) is 7.69. The van der Waals surface area contributed by atoms with Crippen molar-refractivity contribution in [3.05, 3.63) is 100 Å².